The summed E-state index contributed by atoms with van der Waals surface area (Å²) in [4.78, 5) is 29.8. The lowest BCUT2D eigenvalue weighted by molar-refractivity contribution is 0.0992. The van der Waals surface area contributed by atoms with Gasteiger partial charge in [0.15, 0.2) is 5.76 Å². The Kier molecular flexibility index (Phi) is 7.55. The summed E-state index contributed by atoms with van der Waals surface area (Å²) in [6, 6.07) is 11.1. The number of aromatic nitrogens is 3. The summed E-state index contributed by atoms with van der Waals surface area (Å²) in [5, 5.41) is 7.82. The van der Waals surface area contributed by atoms with E-state index in [4.69, 9.17) is 26.5 Å². The van der Waals surface area contributed by atoms with E-state index in [1.807, 2.05) is 6.92 Å². The van der Waals surface area contributed by atoms with Crippen molar-refractivity contribution in [2.24, 2.45) is 5.73 Å². The highest BCUT2D eigenvalue weighted by atomic mass is 35.5. The molecule has 0 atom stereocenters. The number of halogens is 3. The summed E-state index contributed by atoms with van der Waals surface area (Å²) < 4.78 is 40.6. The van der Waals surface area contributed by atoms with Crippen LogP contribution in [-0.4, -0.2) is 26.6 Å². The van der Waals surface area contributed by atoms with Gasteiger partial charge in [-0.05, 0) is 55.8 Å². The molecule has 0 fully saturated rings. The third kappa shape index (κ3) is 5.27. The molecule has 3 N–H and O–H groups in total. The number of fused-ring (bicyclic) bond motifs is 1. The average Bonchev–Trinajstić information content (AvgIpc) is 3.64. The smallest absolute Gasteiger partial charge is 0.291 e. The fraction of sp³-hybridized carbons (Fsp3) is 0.185. The number of anilines is 1. The van der Waals surface area contributed by atoms with E-state index in [1.54, 1.807) is 48.1 Å². The van der Waals surface area contributed by atoms with E-state index in [2.05, 4.69) is 15.4 Å². The average molecular weight is 586 g/mol. The van der Waals surface area contributed by atoms with Gasteiger partial charge in [0.2, 0.25) is 0 Å². The van der Waals surface area contributed by atoms with E-state index in [9.17, 15) is 18.4 Å². The lowest BCUT2D eigenvalue weighted by Gasteiger charge is -2.10. The van der Waals surface area contributed by atoms with Gasteiger partial charge in [-0.15, -0.1) is 11.3 Å². The molecular weight excluding hydrogens is 564 g/mol. The number of nitrogens with one attached hydrogen (secondary N) is 1. The molecule has 2 amide bonds. The summed E-state index contributed by atoms with van der Waals surface area (Å²) in [7, 11) is 0. The van der Waals surface area contributed by atoms with Crippen LogP contribution < -0.4 is 15.8 Å². The number of primary amides is 1. The highest BCUT2D eigenvalue weighted by Crippen LogP contribution is 2.43. The highest BCUT2D eigenvalue weighted by molar-refractivity contribution is 7.21. The molecule has 0 aliphatic carbocycles. The van der Waals surface area contributed by atoms with E-state index >= 15 is 0 Å². The standard InChI is InChI=1S/C27H22ClF2N5O4S/c1-3-35-13(2)18(11-32-35)17-10-19(24(29)30)33-27-21(17)22(23(40-27)25(31)36)34-26(37)20-8-7-16(39-20)12-38-15-6-4-5-14(28)9-15/h4-11,24H,3,12H2,1-2H3,(H2,31,36)(H,34,37). The Hall–Kier alpha value is -4.29. The van der Waals surface area contributed by atoms with Crippen molar-refractivity contribution < 1.29 is 27.5 Å². The van der Waals surface area contributed by atoms with E-state index in [0.29, 0.717) is 39.6 Å². The zero-order valence-electron chi connectivity index (χ0n) is 21.2. The number of ether oxygens (including phenoxy) is 1. The normalized spacial score (nSPS) is 11.3. The molecular formula is C27H22ClF2N5O4S. The molecule has 0 aliphatic heterocycles. The van der Waals surface area contributed by atoms with Gasteiger partial charge in [0.05, 0.1) is 11.9 Å². The first-order chi connectivity index (χ1) is 19.2. The minimum atomic E-state index is -2.86. The first-order valence-electron chi connectivity index (χ1n) is 12.0. The number of furan rings is 1. The quantitative estimate of drug-likeness (QED) is 0.201. The number of carbonyl (C=O) groups is 2. The Morgan fingerprint density at radius 2 is 2.02 bits per heavy atom. The fourth-order valence-corrected chi connectivity index (χ4v) is 5.42. The molecule has 0 spiro atoms. The maximum atomic E-state index is 13.8. The molecule has 4 heterocycles. The SMILES string of the molecule is CCn1ncc(-c2cc(C(F)F)nc3sc(C(N)=O)c(NC(=O)c4ccc(COc5cccc(Cl)c5)o4)c23)c1C. The first-order valence-corrected chi connectivity index (χ1v) is 13.2. The van der Waals surface area contributed by atoms with E-state index in [1.165, 1.54) is 12.1 Å². The van der Waals surface area contributed by atoms with Gasteiger partial charge in [-0.25, -0.2) is 13.8 Å². The minimum absolute atomic E-state index is 0.0344. The Morgan fingerprint density at radius 1 is 1.23 bits per heavy atom. The van der Waals surface area contributed by atoms with Crippen LogP contribution in [0.15, 0.2) is 53.1 Å². The third-order valence-corrected chi connectivity index (χ3v) is 7.46. The molecule has 0 saturated heterocycles. The number of pyridine rings is 1. The topological polar surface area (TPSA) is 125 Å². The number of nitrogens with two attached hydrogens (primary N) is 1. The Balaban J connectivity index is 1.52. The molecule has 0 saturated carbocycles. The van der Waals surface area contributed by atoms with Gasteiger partial charge in [0.25, 0.3) is 18.2 Å². The number of aryl methyl sites for hydroxylation is 1. The lowest BCUT2D eigenvalue weighted by atomic mass is 10.0. The van der Waals surface area contributed by atoms with Crippen LogP contribution >= 0.6 is 22.9 Å². The molecule has 5 rings (SSSR count). The van der Waals surface area contributed by atoms with Gasteiger partial charge in [0, 0.05) is 28.2 Å². The number of benzene rings is 1. The second-order valence-electron chi connectivity index (χ2n) is 8.67. The largest absolute Gasteiger partial charge is 0.486 e. The van der Waals surface area contributed by atoms with Crippen molar-refractivity contribution >= 4 is 50.7 Å². The Bertz CT molecular complexity index is 1750. The number of amides is 2. The third-order valence-electron chi connectivity index (χ3n) is 6.12. The summed E-state index contributed by atoms with van der Waals surface area (Å²) in [6.45, 7) is 4.29. The summed E-state index contributed by atoms with van der Waals surface area (Å²) in [6.07, 6.45) is -1.31. The molecule has 0 bridgehead atoms. The number of rotatable bonds is 9. The van der Waals surface area contributed by atoms with Gasteiger partial charge in [-0.3, -0.25) is 14.3 Å². The van der Waals surface area contributed by atoms with Crippen LogP contribution in [0.2, 0.25) is 5.02 Å². The number of hydrogen-bond donors (Lipinski definition) is 2. The molecule has 0 aliphatic rings. The van der Waals surface area contributed by atoms with Gasteiger partial charge < -0.3 is 20.2 Å². The molecule has 13 heteroatoms. The molecule has 9 nitrogen and oxygen atoms in total. The minimum Gasteiger partial charge on any atom is -0.486 e. The number of alkyl halides is 2. The second kappa shape index (κ2) is 11.1. The van der Waals surface area contributed by atoms with Crippen molar-refractivity contribution in [3.05, 3.63) is 81.5 Å². The van der Waals surface area contributed by atoms with Crippen molar-refractivity contribution in [2.45, 2.75) is 33.4 Å². The van der Waals surface area contributed by atoms with Crippen molar-refractivity contribution in [3.8, 4) is 16.9 Å². The van der Waals surface area contributed by atoms with E-state index < -0.39 is 23.9 Å². The Morgan fingerprint density at radius 3 is 2.70 bits per heavy atom. The Labute approximate surface area is 235 Å². The van der Waals surface area contributed by atoms with Gasteiger partial charge in [-0.1, -0.05) is 17.7 Å². The monoisotopic (exact) mass is 585 g/mol. The maximum Gasteiger partial charge on any atom is 0.291 e. The summed E-state index contributed by atoms with van der Waals surface area (Å²) >= 11 is 6.79. The summed E-state index contributed by atoms with van der Waals surface area (Å²) in [5.41, 5.74) is 6.81. The number of carbonyl (C=O) groups excluding carboxylic acids is 2. The maximum absolute atomic E-state index is 13.8. The number of hydrogen-bond acceptors (Lipinski definition) is 7. The van der Waals surface area contributed by atoms with Crippen LogP contribution in [0.4, 0.5) is 14.5 Å². The molecule has 4 aromatic heterocycles. The van der Waals surface area contributed by atoms with Crippen molar-refractivity contribution in [1.82, 2.24) is 14.8 Å². The van der Waals surface area contributed by atoms with Crippen LogP contribution in [0.3, 0.4) is 0 Å². The fourth-order valence-electron chi connectivity index (χ4n) is 4.23. The first kappa shape index (κ1) is 27.3. The van der Waals surface area contributed by atoms with Crippen molar-refractivity contribution in [1.29, 1.82) is 0 Å². The second-order valence-corrected chi connectivity index (χ2v) is 10.1. The van der Waals surface area contributed by atoms with Gasteiger partial charge >= 0.3 is 0 Å². The zero-order chi connectivity index (χ0) is 28.6. The molecule has 40 heavy (non-hydrogen) atoms. The van der Waals surface area contributed by atoms with E-state index in [0.717, 1.165) is 17.0 Å². The van der Waals surface area contributed by atoms with Crippen molar-refractivity contribution in [2.75, 3.05) is 5.32 Å². The lowest BCUT2D eigenvalue weighted by Crippen LogP contribution is -2.16. The molecule has 0 unspecified atom stereocenters. The zero-order valence-corrected chi connectivity index (χ0v) is 22.8. The van der Waals surface area contributed by atoms with Crippen LogP contribution in [0.25, 0.3) is 21.3 Å². The molecule has 0 radical (unpaired) electrons. The van der Waals surface area contributed by atoms with Crippen LogP contribution in [0.1, 0.15) is 50.7 Å². The predicted octanol–water partition coefficient (Wildman–Crippen LogP) is 6.60. The number of nitrogens with zero attached hydrogens (tertiary/aromatic N) is 3. The van der Waals surface area contributed by atoms with Gasteiger partial charge in [-0.2, -0.15) is 5.10 Å². The summed E-state index contributed by atoms with van der Waals surface area (Å²) in [5.74, 6) is -0.703. The van der Waals surface area contributed by atoms with Crippen LogP contribution in [0, 0.1) is 6.92 Å². The predicted molar refractivity (Wildman–Crippen MR) is 147 cm³/mol. The number of thiophene rings is 1. The molecule has 5 aromatic rings. The van der Waals surface area contributed by atoms with Crippen LogP contribution in [-0.2, 0) is 13.2 Å². The van der Waals surface area contributed by atoms with Crippen LogP contribution in [0.5, 0.6) is 5.75 Å². The molecule has 1 aromatic carbocycles. The van der Waals surface area contributed by atoms with E-state index in [-0.39, 0.29) is 27.8 Å². The highest BCUT2D eigenvalue weighted by Gasteiger charge is 2.27. The van der Waals surface area contributed by atoms with Crippen molar-refractivity contribution in [3.63, 3.8) is 0 Å². The van der Waals surface area contributed by atoms with Gasteiger partial charge in [0.1, 0.15) is 33.5 Å². The molecule has 206 valence electrons.